The van der Waals surface area contributed by atoms with Crippen LogP contribution in [0.2, 0.25) is 0 Å². The number of nitrogens with zero attached hydrogens (tertiary/aromatic N) is 2. The minimum atomic E-state index is -0.00820. The number of carbonyl (C=O) groups excluding carboxylic acids is 2. The van der Waals surface area contributed by atoms with Crippen molar-refractivity contribution in [3.05, 3.63) is 59.2 Å². The van der Waals surface area contributed by atoms with E-state index >= 15 is 0 Å². The van der Waals surface area contributed by atoms with Gasteiger partial charge < -0.3 is 15.5 Å². The summed E-state index contributed by atoms with van der Waals surface area (Å²) in [7, 11) is 0. The maximum Gasteiger partial charge on any atom is 0.258 e. The summed E-state index contributed by atoms with van der Waals surface area (Å²) < 4.78 is 0. The predicted octanol–water partition coefficient (Wildman–Crippen LogP) is 2.98. The summed E-state index contributed by atoms with van der Waals surface area (Å²) in [4.78, 5) is 28.7. The third kappa shape index (κ3) is 3.05. The van der Waals surface area contributed by atoms with Gasteiger partial charge in [0.25, 0.3) is 5.91 Å². The van der Waals surface area contributed by atoms with E-state index in [9.17, 15) is 9.59 Å². The fourth-order valence-electron chi connectivity index (χ4n) is 3.91. The molecular weight excluding hydrogens is 326 g/mol. The Balaban J connectivity index is 1.59. The number of anilines is 2. The smallest absolute Gasteiger partial charge is 0.258 e. The highest BCUT2D eigenvalue weighted by Gasteiger charge is 2.25. The van der Waals surface area contributed by atoms with E-state index in [0.29, 0.717) is 25.1 Å². The van der Waals surface area contributed by atoms with Crippen molar-refractivity contribution in [2.24, 2.45) is 0 Å². The number of nitrogens with two attached hydrogens (primary N) is 1. The van der Waals surface area contributed by atoms with Crippen LogP contribution in [-0.2, 0) is 17.8 Å². The number of likely N-dealkylation sites (tertiary alicyclic amines) is 1. The van der Waals surface area contributed by atoms with Gasteiger partial charge in [-0.2, -0.15) is 0 Å². The lowest BCUT2D eigenvalue weighted by Gasteiger charge is -2.30. The van der Waals surface area contributed by atoms with E-state index in [1.807, 2.05) is 52.3 Å². The van der Waals surface area contributed by atoms with E-state index in [0.717, 1.165) is 48.3 Å². The zero-order valence-electron chi connectivity index (χ0n) is 14.8. The molecule has 2 amide bonds. The molecule has 5 nitrogen and oxygen atoms in total. The van der Waals surface area contributed by atoms with E-state index in [2.05, 4.69) is 0 Å². The summed E-state index contributed by atoms with van der Waals surface area (Å²) in [6, 6.07) is 13.4. The highest BCUT2D eigenvalue weighted by atomic mass is 16.2. The molecule has 0 atom stereocenters. The maximum absolute atomic E-state index is 13.1. The van der Waals surface area contributed by atoms with Gasteiger partial charge in [-0.3, -0.25) is 9.59 Å². The monoisotopic (exact) mass is 349 g/mol. The Kier molecular flexibility index (Phi) is 4.37. The lowest BCUT2D eigenvalue weighted by Crippen LogP contribution is -2.35. The third-order valence-corrected chi connectivity index (χ3v) is 5.25. The Morgan fingerprint density at radius 3 is 2.65 bits per heavy atom. The maximum atomic E-state index is 13.1. The van der Waals surface area contributed by atoms with E-state index in [1.54, 1.807) is 0 Å². The fourth-order valence-corrected chi connectivity index (χ4v) is 3.91. The predicted molar refractivity (Wildman–Crippen MR) is 102 cm³/mol. The summed E-state index contributed by atoms with van der Waals surface area (Å²) in [5.41, 5.74) is 10.5. The van der Waals surface area contributed by atoms with Crippen LogP contribution < -0.4 is 10.6 Å². The zero-order chi connectivity index (χ0) is 18.1. The van der Waals surface area contributed by atoms with Gasteiger partial charge in [0.1, 0.15) is 0 Å². The molecule has 0 radical (unpaired) electrons. The van der Waals surface area contributed by atoms with E-state index < -0.39 is 0 Å². The number of benzene rings is 2. The van der Waals surface area contributed by atoms with E-state index in [4.69, 9.17) is 5.73 Å². The SMILES string of the molecule is Nc1cccc2c1CCCN2C(=O)c1cccc(CN2CCCC2=O)c1. The standard InChI is InChI=1S/C21H23N3O2/c22-18-8-2-9-19-17(18)7-3-12-24(19)21(26)16-6-1-5-15(13-16)14-23-11-4-10-20(23)25/h1-2,5-6,8-9,13H,3-4,7,10-12,14,22H2. The summed E-state index contributed by atoms with van der Waals surface area (Å²) in [5.74, 6) is 0.188. The number of nitrogen functional groups attached to an aromatic ring is 1. The lowest BCUT2D eigenvalue weighted by molar-refractivity contribution is -0.128. The van der Waals surface area contributed by atoms with Crippen LogP contribution >= 0.6 is 0 Å². The Bertz CT molecular complexity index is 862. The van der Waals surface area contributed by atoms with Gasteiger partial charge in [0, 0.05) is 43.0 Å². The first kappa shape index (κ1) is 16.6. The van der Waals surface area contributed by atoms with Gasteiger partial charge in [-0.15, -0.1) is 0 Å². The van der Waals surface area contributed by atoms with Gasteiger partial charge >= 0.3 is 0 Å². The lowest BCUT2D eigenvalue weighted by atomic mass is 9.98. The van der Waals surface area contributed by atoms with Gasteiger partial charge in [0.15, 0.2) is 0 Å². The molecule has 0 aliphatic carbocycles. The van der Waals surface area contributed by atoms with Crippen molar-refractivity contribution in [1.29, 1.82) is 0 Å². The molecular formula is C21H23N3O2. The van der Waals surface area contributed by atoms with Crippen LogP contribution in [0.1, 0.15) is 40.7 Å². The van der Waals surface area contributed by atoms with Crippen LogP contribution in [0.25, 0.3) is 0 Å². The van der Waals surface area contributed by atoms with Crippen molar-refractivity contribution in [1.82, 2.24) is 4.90 Å². The molecule has 2 aliphatic rings. The molecule has 2 aromatic rings. The molecule has 0 spiro atoms. The molecule has 26 heavy (non-hydrogen) atoms. The van der Waals surface area contributed by atoms with Crippen molar-refractivity contribution in [3.8, 4) is 0 Å². The average Bonchev–Trinajstić information content (AvgIpc) is 3.06. The zero-order valence-corrected chi connectivity index (χ0v) is 14.8. The topological polar surface area (TPSA) is 66.6 Å². The number of hydrogen-bond acceptors (Lipinski definition) is 3. The van der Waals surface area contributed by atoms with Crippen molar-refractivity contribution in [2.45, 2.75) is 32.2 Å². The number of rotatable bonds is 3. The minimum Gasteiger partial charge on any atom is -0.398 e. The Labute approximate surface area is 153 Å². The van der Waals surface area contributed by atoms with Gasteiger partial charge in [0.05, 0.1) is 0 Å². The highest BCUT2D eigenvalue weighted by molar-refractivity contribution is 6.07. The largest absolute Gasteiger partial charge is 0.398 e. The van der Waals surface area contributed by atoms with Gasteiger partial charge in [-0.1, -0.05) is 18.2 Å². The molecule has 1 saturated heterocycles. The van der Waals surface area contributed by atoms with Gasteiger partial charge in [0.2, 0.25) is 5.91 Å². The minimum absolute atomic E-state index is 0.00820. The first-order chi connectivity index (χ1) is 12.6. The fraction of sp³-hybridized carbons (Fsp3) is 0.333. The van der Waals surface area contributed by atoms with Crippen molar-refractivity contribution in [3.63, 3.8) is 0 Å². The molecule has 0 unspecified atom stereocenters. The second-order valence-electron chi connectivity index (χ2n) is 7.02. The van der Waals surface area contributed by atoms with Crippen LogP contribution in [0.15, 0.2) is 42.5 Å². The normalized spacial score (nSPS) is 16.7. The number of amides is 2. The molecule has 134 valence electrons. The molecule has 0 bridgehead atoms. The Morgan fingerprint density at radius 2 is 1.85 bits per heavy atom. The molecule has 2 aromatic carbocycles. The van der Waals surface area contributed by atoms with E-state index in [-0.39, 0.29) is 11.8 Å². The van der Waals surface area contributed by atoms with Crippen LogP contribution in [0.3, 0.4) is 0 Å². The molecule has 4 rings (SSSR count). The quantitative estimate of drug-likeness (QED) is 0.866. The third-order valence-electron chi connectivity index (χ3n) is 5.25. The van der Waals surface area contributed by atoms with E-state index in [1.165, 1.54) is 0 Å². The highest BCUT2D eigenvalue weighted by Crippen LogP contribution is 2.32. The van der Waals surface area contributed by atoms with Crippen LogP contribution in [0.5, 0.6) is 0 Å². The molecule has 0 saturated carbocycles. The second kappa shape index (κ2) is 6.83. The van der Waals surface area contributed by atoms with Crippen molar-refractivity contribution < 1.29 is 9.59 Å². The summed E-state index contributed by atoms with van der Waals surface area (Å²) in [6.45, 7) is 2.07. The summed E-state index contributed by atoms with van der Waals surface area (Å²) >= 11 is 0. The van der Waals surface area contributed by atoms with Crippen molar-refractivity contribution in [2.75, 3.05) is 23.7 Å². The van der Waals surface area contributed by atoms with Crippen LogP contribution in [0.4, 0.5) is 11.4 Å². The molecule has 1 fully saturated rings. The molecule has 2 aliphatic heterocycles. The van der Waals surface area contributed by atoms with Gasteiger partial charge in [-0.25, -0.2) is 0 Å². The molecule has 0 aromatic heterocycles. The Hall–Kier alpha value is -2.82. The first-order valence-corrected chi connectivity index (χ1v) is 9.19. The number of fused-ring (bicyclic) bond motifs is 1. The number of carbonyl (C=O) groups is 2. The number of hydrogen-bond donors (Lipinski definition) is 1. The molecule has 5 heteroatoms. The van der Waals surface area contributed by atoms with Crippen molar-refractivity contribution >= 4 is 23.2 Å². The molecule has 2 N–H and O–H groups in total. The summed E-state index contributed by atoms with van der Waals surface area (Å²) in [5, 5.41) is 0. The second-order valence-corrected chi connectivity index (χ2v) is 7.02. The van der Waals surface area contributed by atoms with Gasteiger partial charge in [-0.05, 0) is 54.7 Å². The Morgan fingerprint density at radius 1 is 1.04 bits per heavy atom. The first-order valence-electron chi connectivity index (χ1n) is 9.19. The molecule has 2 heterocycles. The summed E-state index contributed by atoms with van der Waals surface area (Å²) in [6.07, 6.45) is 3.37. The average molecular weight is 349 g/mol. The van der Waals surface area contributed by atoms with Crippen LogP contribution in [-0.4, -0.2) is 29.8 Å². The van der Waals surface area contributed by atoms with Crippen LogP contribution in [0, 0.1) is 0 Å².